The summed E-state index contributed by atoms with van der Waals surface area (Å²) in [6.45, 7) is 9.26. The van der Waals surface area contributed by atoms with Crippen molar-refractivity contribution in [1.29, 1.82) is 0 Å². The fraction of sp³-hybridized carbons (Fsp3) is 0.667. The predicted octanol–water partition coefficient (Wildman–Crippen LogP) is 5.86. The molecule has 0 amide bonds. The minimum atomic E-state index is 0.538. The monoisotopic (exact) mass is 322 g/mol. The first-order chi connectivity index (χ1) is 9.12. The lowest BCUT2D eigenvalue weighted by Gasteiger charge is -2.25. The molecule has 0 radical (unpaired) electrons. The highest BCUT2D eigenvalue weighted by atomic mass is 79.9. The normalized spacial score (nSPS) is 18.4. The number of halogens is 1. The van der Waals surface area contributed by atoms with Crippen LogP contribution < -0.4 is 0 Å². The Morgan fingerprint density at radius 3 is 1.95 bits per heavy atom. The second kappa shape index (κ2) is 6.43. The van der Waals surface area contributed by atoms with Crippen LogP contribution in [0.15, 0.2) is 12.1 Å². The third-order valence-electron chi connectivity index (χ3n) is 4.68. The summed E-state index contributed by atoms with van der Waals surface area (Å²) in [6.07, 6.45) is 6.30. The van der Waals surface area contributed by atoms with E-state index in [1.807, 2.05) is 0 Å². The van der Waals surface area contributed by atoms with Crippen molar-refractivity contribution in [3.63, 3.8) is 0 Å². The Labute approximate surface area is 127 Å². The molecule has 1 aromatic rings. The molecule has 2 rings (SSSR count). The van der Waals surface area contributed by atoms with Gasteiger partial charge in [0.1, 0.15) is 0 Å². The molecule has 106 valence electrons. The second-order valence-corrected chi connectivity index (χ2v) is 6.97. The van der Waals surface area contributed by atoms with Crippen molar-refractivity contribution in [1.82, 2.24) is 0 Å². The van der Waals surface area contributed by atoms with Gasteiger partial charge >= 0.3 is 0 Å². The Balaban J connectivity index is 2.40. The van der Waals surface area contributed by atoms with Crippen LogP contribution in [0.5, 0.6) is 0 Å². The van der Waals surface area contributed by atoms with E-state index in [0.717, 1.165) is 31.1 Å². The second-order valence-electron chi connectivity index (χ2n) is 5.99. The number of hydrogen-bond acceptors (Lipinski definition) is 0. The lowest BCUT2D eigenvalue weighted by Crippen LogP contribution is -2.11. The van der Waals surface area contributed by atoms with Gasteiger partial charge in [0.25, 0.3) is 0 Å². The van der Waals surface area contributed by atoms with Gasteiger partial charge in [0.2, 0.25) is 0 Å². The fourth-order valence-corrected chi connectivity index (χ4v) is 4.14. The van der Waals surface area contributed by atoms with Gasteiger partial charge in [0.15, 0.2) is 0 Å². The smallest absolute Gasteiger partial charge is 0.0428 e. The maximum absolute atomic E-state index is 4.02. The molecule has 1 aliphatic rings. The molecule has 0 spiro atoms. The molecule has 2 unspecified atom stereocenters. The van der Waals surface area contributed by atoms with Crippen molar-refractivity contribution >= 4 is 15.9 Å². The Hall–Kier alpha value is -0.300. The summed E-state index contributed by atoms with van der Waals surface area (Å²) in [5, 5.41) is 0. The summed E-state index contributed by atoms with van der Waals surface area (Å²) < 4.78 is 0. The van der Waals surface area contributed by atoms with Gasteiger partial charge in [-0.15, -0.1) is 0 Å². The summed E-state index contributed by atoms with van der Waals surface area (Å²) in [6, 6.07) is 4.87. The maximum Gasteiger partial charge on any atom is 0.0428 e. The summed E-state index contributed by atoms with van der Waals surface area (Å²) in [5.74, 6) is 1.72. The van der Waals surface area contributed by atoms with Crippen molar-refractivity contribution in [3.8, 4) is 0 Å². The first kappa shape index (κ1) is 15.1. The van der Waals surface area contributed by atoms with Crippen LogP contribution in [0.3, 0.4) is 0 Å². The van der Waals surface area contributed by atoms with Crippen LogP contribution in [0.4, 0.5) is 0 Å². The minimum Gasteiger partial charge on any atom is -0.0836 e. The third kappa shape index (κ3) is 3.24. The van der Waals surface area contributed by atoms with Gasteiger partial charge < -0.3 is 0 Å². The molecule has 0 aliphatic heterocycles. The molecule has 0 aromatic heterocycles. The van der Waals surface area contributed by atoms with Crippen molar-refractivity contribution in [2.75, 3.05) is 0 Å². The molecular formula is C18H27Br. The molecule has 1 saturated carbocycles. The third-order valence-corrected chi connectivity index (χ3v) is 5.98. The van der Waals surface area contributed by atoms with Gasteiger partial charge in [-0.1, -0.05) is 55.8 Å². The van der Waals surface area contributed by atoms with Crippen molar-refractivity contribution in [3.05, 3.63) is 34.4 Å². The maximum atomic E-state index is 4.02. The highest BCUT2D eigenvalue weighted by molar-refractivity contribution is 9.09. The Kier molecular flexibility index (Phi) is 5.11. The SMILES string of the molecule is CCc1cc(CC)c(C(Br)C(C)C2CC2)c(CC)c1. The van der Waals surface area contributed by atoms with E-state index in [-0.39, 0.29) is 0 Å². The molecule has 0 saturated heterocycles. The van der Waals surface area contributed by atoms with Crippen LogP contribution in [-0.4, -0.2) is 0 Å². The van der Waals surface area contributed by atoms with Crippen LogP contribution in [0.25, 0.3) is 0 Å². The highest BCUT2D eigenvalue weighted by Gasteiger charge is 2.34. The summed E-state index contributed by atoms with van der Waals surface area (Å²) in [4.78, 5) is 0.538. The number of rotatable bonds is 6. The van der Waals surface area contributed by atoms with E-state index in [2.05, 4.69) is 55.8 Å². The Bertz CT molecular complexity index is 406. The average molecular weight is 323 g/mol. The molecule has 1 aromatic carbocycles. The van der Waals surface area contributed by atoms with Crippen molar-refractivity contribution in [2.24, 2.45) is 11.8 Å². The van der Waals surface area contributed by atoms with E-state index in [9.17, 15) is 0 Å². The first-order valence-corrected chi connectivity index (χ1v) is 8.82. The van der Waals surface area contributed by atoms with Gasteiger partial charge in [0, 0.05) is 4.83 Å². The average Bonchev–Trinajstić information content (AvgIpc) is 3.28. The van der Waals surface area contributed by atoms with Crippen molar-refractivity contribution < 1.29 is 0 Å². The van der Waals surface area contributed by atoms with E-state index in [1.54, 1.807) is 16.7 Å². The molecule has 0 bridgehead atoms. The summed E-state index contributed by atoms with van der Waals surface area (Å²) in [5.41, 5.74) is 6.22. The lowest BCUT2D eigenvalue weighted by molar-refractivity contribution is 0.499. The molecular weight excluding hydrogens is 296 g/mol. The molecule has 19 heavy (non-hydrogen) atoms. The number of hydrogen-bond donors (Lipinski definition) is 0. The van der Waals surface area contributed by atoms with Gasteiger partial charge in [-0.2, -0.15) is 0 Å². The Morgan fingerprint density at radius 2 is 1.58 bits per heavy atom. The highest BCUT2D eigenvalue weighted by Crippen LogP contribution is 2.47. The molecule has 0 nitrogen and oxygen atoms in total. The molecule has 0 N–H and O–H groups in total. The van der Waals surface area contributed by atoms with E-state index < -0.39 is 0 Å². The summed E-state index contributed by atoms with van der Waals surface area (Å²) >= 11 is 4.02. The fourth-order valence-electron chi connectivity index (χ4n) is 3.12. The van der Waals surface area contributed by atoms with E-state index >= 15 is 0 Å². The zero-order valence-corrected chi connectivity index (χ0v) is 14.4. The number of alkyl halides is 1. The summed E-state index contributed by atoms with van der Waals surface area (Å²) in [7, 11) is 0. The molecule has 2 atom stereocenters. The van der Waals surface area contributed by atoms with Gasteiger partial charge in [0.05, 0.1) is 0 Å². The standard InChI is InChI=1S/C18H27Br/c1-5-13-10-14(6-2)17(15(7-3)11-13)18(19)12(4)16-8-9-16/h10-12,16,18H,5-9H2,1-4H3. The minimum absolute atomic E-state index is 0.538. The largest absolute Gasteiger partial charge is 0.0836 e. The van der Waals surface area contributed by atoms with Crippen LogP contribution in [-0.2, 0) is 19.3 Å². The molecule has 0 heterocycles. The Morgan fingerprint density at radius 1 is 1.05 bits per heavy atom. The van der Waals surface area contributed by atoms with E-state index in [4.69, 9.17) is 0 Å². The van der Waals surface area contributed by atoms with E-state index in [1.165, 1.54) is 18.4 Å². The van der Waals surface area contributed by atoms with Crippen molar-refractivity contribution in [2.45, 2.75) is 64.6 Å². The number of benzene rings is 1. The van der Waals surface area contributed by atoms with E-state index in [0.29, 0.717) is 4.83 Å². The van der Waals surface area contributed by atoms with Gasteiger partial charge in [-0.25, -0.2) is 0 Å². The van der Waals surface area contributed by atoms with Crippen LogP contribution >= 0.6 is 15.9 Å². The quantitative estimate of drug-likeness (QED) is 0.576. The first-order valence-electron chi connectivity index (χ1n) is 7.90. The van der Waals surface area contributed by atoms with Gasteiger partial charge in [-0.05, 0) is 66.2 Å². The number of aryl methyl sites for hydroxylation is 3. The van der Waals surface area contributed by atoms with Crippen LogP contribution in [0.2, 0.25) is 0 Å². The zero-order chi connectivity index (χ0) is 14.0. The topological polar surface area (TPSA) is 0 Å². The molecule has 1 aliphatic carbocycles. The molecule has 1 fully saturated rings. The van der Waals surface area contributed by atoms with Crippen LogP contribution in [0.1, 0.15) is 67.6 Å². The van der Waals surface area contributed by atoms with Crippen LogP contribution in [0, 0.1) is 11.8 Å². The van der Waals surface area contributed by atoms with Gasteiger partial charge in [-0.3, -0.25) is 0 Å². The predicted molar refractivity (Wildman–Crippen MR) is 88.1 cm³/mol. The zero-order valence-electron chi connectivity index (χ0n) is 12.8. The molecule has 1 heteroatoms. The lowest BCUT2D eigenvalue weighted by atomic mass is 9.86.